The van der Waals surface area contributed by atoms with E-state index in [0.29, 0.717) is 24.4 Å². The quantitative estimate of drug-likeness (QED) is 0.805. The Morgan fingerprint density at radius 2 is 2.11 bits per heavy atom. The van der Waals surface area contributed by atoms with Gasteiger partial charge in [-0.25, -0.2) is 0 Å². The predicted octanol–water partition coefficient (Wildman–Crippen LogP) is 1.32. The van der Waals surface area contributed by atoms with Crippen LogP contribution in [0.15, 0.2) is 0 Å². The molecule has 106 valence electrons. The second-order valence-corrected chi connectivity index (χ2v) is 5.62. The lowest BCUT2D eigenvalue weighted by Gasteiger charge is -2.30. The molecule has 0 aliphatic carbocycles. The van der Waals surface area contributed by atoms with Gasteiger partial charge in [-0.1, -0.05) is 20.8 Å². The Morgan fingerprint density at radius 1 is 1.39 bits per heavy atom. The highest BCUT2D eigenvalue weighted by Crippen LogP contribution is 2.13. The lowest BCUT2D eigenvalue weighted by atomic mass is 10.1. The Kier molecular flexibility index (Phi) is 6.65. The number of carbonyl (C=O) groups excluding carboxylic acids is 1. The third-order valence-corrected chi connectivity index (χ3v) is 3.59. The number of carbonyl (C=O) groups is 1. The maximum Gasteiger partial charge on any atom is 0.224 e. The lowest BCUT2D eigenvalue weighted by Crippen LogP contribution is -2.44. The van der Waals surface area contributed by atoms with Gasteiger partial charge in [0.15, 0.2) is 0 Å². The Hall–Kier alpha value is -0.610. The van der Waals surface area contributed by atoms with Crippen molar-refractivity contribution in [3.63, 3.8) is 0 Å². The fourth-order valence-corrected chi connectivity index (χ4v) is 2.53. The molecule has 0 saturated carbocycles. The molecule has 0 spiro atoms. The molecule has 0 bridgehead atoms. The fraction of sp³-hybridized carbons (Fsp3) is 0.929. The van der Waals surface area contributed by atoms with Gasteiger partial charge in [0.1, 0.15) is 0 Å². The number of nitrogens with zero attached hydrogens (tertiary/aromatic N) is 2. The minimum atomic E-state index is 0.310. The monoisotopic (exact) mass is 255 g/mol. The number of likely N-dealkylation sites (N-methyl/N-ethyl adjacent to an activating group) is 1. The molecule has 1 rings (SSSR count). The van der Waals surface area contributed by atoms with E-state index in [1.807, 2.05) is 0 Å². The first-order chi connectivity index (χ1) is 8.54. The minimum absolute atomic E-state index is 0.310. The van der Waals surface area contributed by atoms with Crippen LogP contribution in [-0.4, -0.2) is 61.0 Å². The molecule has 1 atom stereocenters. The maximum atomic E-state index is 12.3. The van der Waals surface area contributed by atoms with E-state index >= 15 is 0 Å². The van der Waals surface area contributed by atoms with Crippen LogP contribution in [0, 0.1) is 0 Å². The summed E-state index contributed by atoms with van der Waals surface area (Å²) in [7, 11) is 2.15. The predicted molar refractivity (Wildman–Crippen MR) is 75.7 cm³/mol. The van der Waals surface area contributed by atoms with Gasteiger partial charge in [0.25, 0.3) is 0 Å². The molecule has 0 aromatic heterocycles. The van der Waals surface area contributed by atoms with Gasteiger partial charge >= 0.3 is 0 Å². The summed E-state index contributed by atoms with van der Waals surface area (Å²) in [5.74, 6) is 0.310. The molecule has 0 radical (unpaired) electrons. The van der Waals surface area contributed by atoms with Crippen molar-refractivity contribution in [2.24, 2.45) is 0 Å². The van der Waals surface area contributed by atoms with E-state index in [-0.39, 0.29) is 0 Å². The largest absolute Gasteiger partial charge is 0.338 e. The van der Waals surface area contributed by atoms with Gasteiger partial charge in [-0.3, -0.25) is 4.79 Å². The lowest BCUT2D eigenvalue weighted by molar-refractivity contribution is -0.133. The summed E-state index contributed by atoms with van der Waals surface area (Å²) in [5.41, 5.74) is 0. The average Bonchev–Trinajstić information content (AvgIpc) is 2.49. The van der Waals surface area contributed by atoms with Crippen LogP contribution in [-0.2, 0) is 4.79 Å². The number of amides is 1. The van der Waals surface area contributed by atoms with Crippen LogP contribution in [0.25, 0.3) is 0 Å². The van der Waals surface area contributed by atoms with Crippen LogP contribution in [0.4, 0.5) is 0 Å². The normalized spacial score (nSPS) is 22.3. The van der Waals surface area contributed by atoms with Gasteiger partial charge in [0.2, 0.25) is 5.91 Å². The third kappa shape index (κ3) is 4.94. The van der Waals surface area contributed by atoms with Crippen molar-refractivity contribution in [1.29, 1.82) is 0 Å². The minimum Gasteiger partial charge on any atom is -0.338 e. The zero-order valence-electron chi connectivity index (χ0n) is 12.4. The molecule has 4 nitrogen and oxygen atoms in total. The molecule has 4 heteroatoms. The molecule has 1 aliphatic heterocycles. The van der Waals surface area contributed by atoms with Gasteiger partial charge < -0.3 is 15.1 Å². The fourth-order valence-electron chi connectivity index (χ4n) is 2.53. The molecule has 1 unspecified atom stereocenters. The summed E-state index contributed by atoms with van der Waals surface area (Å²) in [6.07, 6.45) is 2.77. The molecule has 1 N–H and O–H groups in total. The van der Waals surface area contributed by atoms with E-state index in [1.165, 1.54) is 0 Å². The van der Waals surface area contributed by atoms with Crippen LogP contribution in [0.5, 0.6) is 0 Å². The highest BCUT2D eigenvalue weighted by Gasteiger charge is 2.25. The maximum absolute atomic E-state index is 12.3. The van der Waals surface area contributed by atoms with E-state index in [0.717, 1.165) is 39.0 Å². The van der Waals surface area contributed by atoms with Gasteiger partial charge in [0.05, 0.1) is 0 Å². The average molecular weight is 255 g/mol. The Bertz CT molecular complexity index is 255. The van der Waals surface area contributed by atoms with Gasteiger partial charge in [-0.05, 0) is 26.4 Å². The first-order valence-corrected chi connectivity index (χ1v) is 7.26. The summed E-state index contributed by atoms with van der Waals surface area (Å²) < 4.78 is 0. The van der Waals surface area contributed by atoms with E-state index < -0.39 is 0 Å². The van der Waals surface area contributed by atoms with Crippen LogP contribution >= 0.6 is 0 Å². The molecule has 0 aromatic rings. The molecule has 1 saturated heterocycles. The number of hydrogen-bond donors (Lipinski definition) is 1. The van der Waals surface area contributed by atoms with Crippen LogP contribution in [0.3, 0.4) is 0 Å². The topological polar surface area (TPSA) is 35.6 Å². The van der Waals surface area contributed by atoms with Crippen LogP contribution < -0.4 is 5.32 Å². The van der Waals surface area contributed by atoms with E-state index in [2.05, 4.69) is 42.9 Å². The van der Waals surface area contributed by atoms with Crippen molar-refractivity contribution in [1.82, 2.24) is 15.1 Å². The van der Waals surface area contributed by atoms with E-state index in [9.17, 15) is 4.79 Å². The second-order valence-electron chi connectivity index (χ2n) is 5.62. The zero-order valence-corrected chi connectivity index (χ0v) is 12.4. The standard InChI is InChI=1S/C14H29N3O/c1-5-13-11-16(4)9-6-10-17(13)14(18)7-8-15-12(2)3/h12-13,15H,5-11H2,1-4H3. The van der Waals surface area contributed by atoms with Gasteiger partial charge in [-0.15, -0.1) is 0 Å². The summed E-state index contributed by atoms with van der Waals surface area (Å²) >= 11 is 0. The summed E-state index contributed by atoms with van der Waals surface area (Å²) in [6.45, 7) is 10.2. The second kappa shape index (κ2) is 7.74. The number of nitrogens with one attached hydrogen (secondary N) is 1. The van der Waals surface area contributed by atoms with Crippen molar-refractivity contribution in [3.8, 4) is 0 Å². The highest BCUT2D eigenvalue weighted by atomic mass is 16.2. The summed E-state index contributed by atoms with van der Waals surface area (Å²) in [4.78, 5) is 16.7. The van der Waals surface area contributed by atoms with Crippen molar-refractivity contribution in [2.75, 3.05) is 33.2 Å². The Balaban J connectivity index is 2.47. The molecule has 1 heterocycles. The SMILES string of the molecule is CCC1CN(C)CCCN1C(=O)CCNC(C)C. The molecule has 1 fully saturated rings. The third-order valence-electron chi connectivity index (χ3n) is 3.59. The Labute approximate surface area is 112 Å². The summed E-state index contributed by atoms with van der Waals surface area (Å²) in [5, 5.41) is 3.31. The first-order valence-electron chi connectivity index (χ1n) is 7.26. The number of hydrogen-bond acceptors (Lipinski definition) is 3. The molecular weight excluding hydrogens is 226 g/mol. The van der Waals surface area contributed by atoms with Gasteiger partial charge in [-0.2, -0.15) is 0 Å². The smallest absolute Gasteiger partial charge is 0.224 e. The van der Waals surface area contributed by atoms with E-state index in [4.69, 9.17) is 0 Å². The first kappa shape index (κ1) is 15.4. The van der Waals surface area contributed by atoms with Crippen molar-refractivity contribution in [2.45, 2.75) is 52.1 Å². The van der Waals surface area contributed by atoms with Crippen molar-refractivity contribution in [3.05, 3.63) is 0 Å². The molecule has 1 aliphatic rings. The number of rotatable bonds is 5. The van der Waals surface area contributed by atoms with Crippen molar-refractivity contribution < 1.29 is 4.79 Å². The van der Waals surface area contributed by atoms with Crippen LogP contribution in [0.2, 0.25) is 0 Å². The highest BCUT2D eigenvalue weighted by molar-refractivity contribution is 5.76. The molecule has 0 aromatic carbocycles. The van der Waals surface area contributed by atoms with Crippen molar-refractivity contribution >= 4 is 5.91 Å². The Morgan fingerprint density at radius 3 is 2.72 bits per heavy atom. The van der Waals surface area contributed by atoms with E-state index in [1.54, 1.807) is 0 Å². The summed E-state index contributed by atoms with van der Waals surface area (Å²) in [6, 6.07) is 0.846. The van der Waals surface area contributed by atoms with Gasteiger partial charge in [0, 0.05) is 38.1 Å². The molecule has 18 heavy (non-hydrogen) atoms. The zero-order chi connectivity index (χ0) is 13.5. The van der Waals surface area contributed by atoms with Crippen LogP contribution in [0.1, 0.15) is 40.0 Å². The molecule has 1 amide bonds. The molecular formula is C14H29N3O.